The fourth-order valence-electron chi connectivity index (χ4n) is 3.52. The van der Waals surface area contributed by atoms with Gasteiger partial charge in [0.25, 0.3) is 0 Å². The maximum atomic E-state index is 5.63. The van der Waals surface area contributed by atoms with E-state index in [2.05, 4.69) is 11.8 Å². The summed E-state index contributed by atoms with van der Waals surface area (Å²) < 4.78 is 10.1. The first kappa shape index (κ1) is 17.2. The van der Waals surface area contributed by atoms with Gasteiger partial charge in [0.2, 0.25) is 0 Å². The van der Waals surface area contributed by atoms with Crippen LogP contribution in [0.15, 0.2) is 24.3 Å². The van der Waals surface area contributed by atoms with Crippen molar-refractivity contribution in [1.29, 1.82) is 0 Å². The topological polar surface area (TPSA) is 35.2 Å². The molecule has 1 aromatic heterocycles. The van der Waals surface area contributed by atoms with Crippen LogP contribution in [0.3, 0.4) is 0 Å². The number of ether oxygens (including phenoxy) is 1. The third kappa shape index (κ3) is 3.26. The summed E-state index contributed by atoms with van der Waals surface area (Å²) in [6.07, 6.45) is 5.04. The standard InChI is InChI=1S/C18H26N4OS/c1-4-14-9-7-8-12-21(14)13-22-18(24)20(2)17(19-22)15-10-5-6-11-16(15)23-3/h5-6,10-11,14H,4,7-9,12-13H2,1-3H3/t14-/m1/s1. The minimum Gasteiger partial charge on any atom is -0.496 e. The van der Waals surface area contributed by atoms with Crippen molar-refractivity contribution in [2.45, 2.75) is 45.3 Å². The highest BCUT2D eigenvalue weighted by atomic mass is 32.1. The number of hydrogen-bond donors (Lipinski definition) is 0. The number of para-hydroxylation sites is 1. The van der Waals surface area contributed by atoms with Crippen molar-refractivity contribution in [2.24, 2.45) is 7.05 Å². The normalized spacial score (nSPS) is 18.7. The molecule has 0 bridgehead atoms. The van der Waals surface area contributed by atoms with Crippen LogP contribution in [-0.4, -0.2) is 38.9 Å². The summed E-state index contributed by atoms with van der Waals surface area (Å²) in [6, 6.07) is 8.58. The maximum Gasteiger partial charge on any atom is 0.199 e. The smallest absolute Gasteiger partial charge is 0.199 e. The van der Waals surface area contributed by atoms with E-state index < -0.39 is 0 Å². The Hall–Kier alpha value is -1.66. The van der Waals surface area contributed by atoms with Gasteiger partial charge in [-0.1, -0.05) is 25.5 Å². The van der Waals surface area contributed by atoms with Gasteiger partial charge in [0.1, 0.15) is 5.75 Å². The summed E-state index contributed by atoms with van der Waals surface area (Å²) in [7, 11) is 3.66. The molecule has 0 N–H and O–H groups in total. The predicted octanol–water partition coefficient (Wildman–Crippen LogP) is 3.85. The number of piperidine rings is 1. The average molecular weight is 347 g/mol. The van der Waals surface area contributed by atoms with Crippen molar-refractivity contribution in [3.63, 3.8) is 0 Å². The van der Waals surface area contributed by atoms with Gasteiger partial charge in [-0.25, -0.2) is 4.68 Å². The summed E-state index contributed by atoms with van der Waals surface area (Å²) in [6.45, 7) is 4.15. The number of hydrogen-bond acceptors (Lipinski definition) is 4. The summed E-state index contributed by atoms with van der Waals surface area (Å²) in [5.74, 6) is 1.67. The Kier molecular flexibility index (Phi) is 5.36. The molecular weight excluding hydrogens is 320 g/mol. The second-order valence-corrected chi connectivity index (χ2v) is 6.74. The van der Waals surface area contributed by atoms with Gasteiger partial charge >= 0.3 is 0 Å². The minimum absolute atomic E-state index is 0.636. The monoisotopic (exact) mass is 346 g/mol. The van der Waals surface area contributed by atoms with Crippen molar-refractivity contribution in [1.82, 2.24) is 19.2 Å². The Morgan fingerprint density at radius 3 is 2.83 bits per heavy atom. The third-order valence-electron chi connectivity index (χ3n) is 4.92. The van der Waals surface area contributed by atoms with Crippen LogP contribution in [0.2, 0.25) is 0 Å². The number of likely N-dealkylation sites (tertiary alicyclic amines) is 1. The zero-order valence-electron chi connectivity index (χ0n) is 14.7. The first-order valence-electron chi connectivity index (χ1n) is 8.67. The Balaban J connectivity index is 1.93. The fraction of sp³-hybridized carbons (Fsp3) is 0.556. The third-order valence-corrected chi connectivity index (χ3v) is 5.41. The number of benzene rings is 1. The van der Waals surface area contributed by atoms with Crippen LogP contribution in [0.1, 0.15) is 32.6 Å². The molecule has 0 spiro atoms. The summed E-state index contributed by atoms with van der Waals surface area (Å²) in [5.41, 5.74) is 0.970. The Bertz CT molecular complexity index is 752. The quantitative estimate of drug-likeness (QED) is 0.771. The summed E-state index contributed by atoms with van der Waals surface area (Å²) in [4.78, 5) is 2.51. The molecule has 0 amide bonds. The van der Waals surface area contributed by atoms with E-state index in [0.29, 0.717) is 6.04 Å². The number of rotatable bonds is 5. The Morgan fingerprint density at radius 2 is 2.08 bits per heavy atom. The molecule has 3 rings (SSSR count). The van der Waals surface area contributed by atoms with E-state index in [0.717, 1.165) is 35.1 Å². The molecule has 130 valence electrons. The van der Waals surface area contributed by atoms with E-state index in [1.54, 1.807) is 7.11 Å². The molecule has 1 aliphatic heterocycles. The average Bonchev–Trinajstić information content (AvgIpc) is 2.90. The molecule has 1 aliphatic rings. The highest BCUT2D eigenvalue weighted by molar-refractivity contribution is 7.71. The lowest BCUT2D eigenvalue weighted by Gasteiger charge is -2.34. The van der Waals surface area contributed by atoms with E-state index in [9.17, 15) is 0 Å². The molecule has 1 aromatic carbocycles. The van der Waals surface area contributed by atoms with E-state index in [1.165, 1.54) is 25.7 Å². The van der Waals surface area contributed by atoms with Crippen molar-refractivity contribution >= 4 is 12.2 Å². The lowest BCUT2D eigenvalue weighted by molar-refractivity contribution is 0.100. The summed E-state index contributed by atoms with van der Waals surface area (Å²) >= 11 is 5.63. The van der Waals surface area contributed by atoms with E-state index in [-0.39, 0.29) is 0 Å². The van der Waals surface area contributed by atoms with Gasteiger partial charge in [0.15, 0.2) is 10.6 Å². The van der Waals surface area contributed by atoms with Crippen molar-refractivity contribution in [2.75, 3.05) is 13.7 Å². The van der Waals surface area contributed by atoms with Crippen LogP contribution in [0, 0.1) is 4.77 Å². The largest absolute Gasteiger partial charge is 0.496 e. The summed E-state index contributed by atoms with van der Waals surface area (Å²) in [5, 5.41) is 4.80. The highest BCUT2D eigenvalue weighted by Crippen LogP contribution is 2.28. The van der Waals surface area contributed by atoms with Crippen LogP contribution in [0.25, 0.3) is 11.4 Å². The number of methoxy groups -OCH3 is 1. The molecular formula is C18H26N4OS. The minimum atomic E-state index is 0.636. The van der Waals surface area contributed by atoms with Gasteiger partial charge in [-0.05, 0) is 43.6 Å². The van der Waals surface area contributed by atoms with Crippen LogP contribution < -0.4 is 4.74 Å². The van der Waals surface area contributed by atoms with Gasteiger partial charge in [0.05, 0.1) is 19.3 Å². The molecule has 0 unspecified atom stereocenters. The molecule has 24 heavy (non-hydrogen) atoms. The van der Waals surface area contributed by atoms with Crippen molar-refractivity contribution < 1.29 is 4.74 Å². The van der Waals surface area contributed by atoms with Crippen LogP contribution in [0.5, 0.6) is 5.75 Å². The van der Waals surface area contributed by atoms with Gasteiger partial charge < -0.3 is 9.30 Å². The van der Waals surface area contributed by atoms with Crippen LogP contribution >= 0.6 is 12.2 Å². The van der Waals surface area contributed by atoms with Crippen molar-refractivity contribution in [3.05, 3.63) is 29.0 Å². The highest BCUT2D eigenvalue weighted by Gasteiger charge is 2.22. The molecule has 6 heteroatoms. The van der Waals surface area contributed by atoms with Gasteiger partial charge in [-0.15, -0.1) is 0 Å². The second-order valence-electron chi connectivity index (χ2n) is 6.38. The lowest BCUT2D eigenvalue weighted by Crippen LogP contribution is -2.40. The molecule has 0 radical (unpaired) electrons. The number of aromatic nitrogens is 3. The van der Waals surface area contributed by atoms with Gasteiger partial charge in [-0.2, -0.15) is 5.10 Å². The zero-order valence-corrected chi connectivity index (χ0v) is 15.6. The Morgan fingerprint density at radius 1 is 1.29 bits per heavy atom. The molecule has 1 saturated heterocycles. The molecule has 2 aromatic rings. The molecule has 0 saturated carbocycles. The van der Waals surface area contributed by atoms with E-state index in [1.807, 2.05) is 40.6 Å². The number of nitrogens with zero attached hydrogens (tertiary/aromatic N) is 4. The predicted molar refractivity (Wildman–Crippen MR) is 98.7 cm³/mol. The first-order chi connectivity index (χ1) is 11.7. The van der Waals surface area contributed by atoms with Gasteiger partial charge in [0, 0.05) is 19.6 Å². The zero-order chi connectivity index (χ0) is 17.1. The fourth-order valence-corrected chi connectivity index (χ4v) is 3.71. The van der Waals surface area contributed by atoms with Crippen LogP contribution in [0.4, 0.5) is 0 Å². The van der Waals surface area contributed by atoms with Gasteiger partial charge in [-0.3, -0.25) is 4.90 Å². The first-order valence-corrected chi connectivity index (χ1v) is 9.07. The van der Waals surface area contributed by atoms with Crippen molar-refractivity contribution in [3.8, 4) is 17.1 Å². The van der Waals surface area contributed by atoms with Crippen LogP contribution in [-0.2, 0) is 13.7 Å². The maximum absolute atomic E-state index is 5.63. The van der Waals surface area contributed by atoms with E-state index >= 15 is 0 Å². The molecule has 1 atom stereocenters. The Labute approximate surface area is 148 Å². The molecule has 2 heterocycles. The van der Waals surface area contributed by atoms with E-state index in [4.69, 9.17) is 22.1 Å². The second kappa shape index (κ2) is 7.49. The molecule has 0 aliphatic carbocycles. The molecule has 1 fully saturated rings. The molecule has 5 nitrogen and oxygen atoms in total. The lowest BCUT2D eigenvalue weighted by atomic mass is 10.0. The SMILES string of the molecule is CC[C@@H]1CCCCN1Cn1nc(-c2ccccc2OC)n(C)c1=S.